The molecule has 2 N–H and O–H groups in total. The lowest BCUT2D eigenvalue weighted by atomic mass is 10.0. The lowest BCUT2D eigenvalue weighted by Crippen LogP contribution is -2.44. The number of aryl methyl sites for hydroxylation is 2. The molecular weight excluding hydrogens is 254 g/mol. The van der Waals surface area contributed by atoms with E-state index in [1.807, 2.05) is 12.1 Å². The Kier molecular flexibility index (Phi) is 6.22. The Labute approximate surface area is 120 Å². The fourth-order valence-corrected chi connectivity index (χ4v) is 1.96. The molecule has 0 heterocycles. The molecule has 1 atom stereocenters. The van der Waals surface area contributed by atoms with Crippen LogP contribution >= 0.6 is 0 Å². The zero-order valence-electron chi connectivity index (χ0n) is 12.3. The maximum Gasteiger partial charge on any atom is 0.326 e. The minimum Gasteiger partial charge on any atom is -0.480 e. The van der Waals surface area contributed by atoms with Crippen molar-refractivity contribution >= 4 is 11.9 Å². The first kappa shape index (κ1) is 16.2. The highest BCUT2D eigenvalue weighted by atomic mass is 16.4. The highest BCUT2D eigenvalue weighted by molar-refractivity contribution is 5.83. The average Bonchev–Trinajstić information content (AvgIpc) is 2.42. The summed E-state index contributed by atoms with van der Waals surface area (Å²) in [5.41, 5.74) is 2.36. The summed E-state index contributed by atoms with van der Waals surface area (Å²) in [7, 11) is 0. The van der Waals surface area contributed by atoms with Crippen LogP contribution < -0.4 is 5.32 Å². The smallest absolute Gasteiger partial charge is 0.326 e. The quantitative estimate of drug-likeness (QED) is 0.804. The van der Waals surface area contributed by atoms with Gasteiger partial charge in [-0.2, -0.15) is 0 Å². The molecule has 0 radical (unpaired) electrons. The first-order chi connectivity index (χ1) is 9.43. The number of carboxylic acid groups (broad SMARTS) is 1. The molecule has 0 aliphatic heterocycles. The number of carboxylic acids is 1. The minimum atomic E-state index is -0.986. The summed E-state index contributed by atoms with van der Waals surface area (Å²) >= 11 is 0. The lowest BCUT2D eigenvalue weighted by molar-refractivity contribution is -0.143. The molecule has 0 aliphatic rings. The molecule has 0 fully saturated rings. The Morgan fingerprint density at radius 1 is 1.15 bits per heavy atom. The number of nitrogens with one attached hydrogen (secondary N) is 1. The summed E-state index contributed by atoms with van der Waals surface area (Å²) in [6, 6.07) is 7.33. The van der Waals surface area contributed by atoms with Crippen LogP contribution in [0.25, 0.3) is 0 Å². The predicted molar refractivity (Wildman–Crippen MR) is 78.5 cm³/mol. The molecule has 1 unspecified atom stereocenters. The summed E-state index contributed by atoms with van der Waals surface area (Å²) in [6.45, 7) is 5.66. The van der Waals surface area contributed by atoms with Gasteiger partial charge in [0.05, 0.1) is 0 Å². The summed E-state index contributed by atoms with van der Waals surface area (Å²) < 4.78 is 0. The van der Waals surface area contributed by atoms with Gasteiger partial charge in [0.2, 0.25) is 5.91 Å². The largest absolute Gasteiger partial charge is 0.480 e. The van der Waals surface area contributed by atoms with Crippen molar-refractivity contribution in [3.05, 3.63) is 35.4 Å². The highest BCUT2D eigenvalue weighted by Gasteiger charge is 2.22. The van der Waals surface area contributed by atoms with Crippen molar-refractivity contribution in [1.82, 2.24) is 5.32 Å². The molecule has 110 valence electrons. The van der Waals surface area contributed by atoms with Crippen LogP contribution in [0.5, 0.6) is 0 Å². The van der Waals surface area contributed by atoms with Gasteiger partial charge in [0.15, 0.2) is 0 Å². The van der Waals surface area contributed by atoms with E-state index in [0.29, 0.717) is 12.8 Å². The predicted octanol–water partition coefficient (Wildman–Crippen LogP) is 2.41. The summed E-state index contributed by atoms with van der Waals surface area (Å²) in [4.78, 5) is 22.8. The van der Waals surface area contributed by atoms with Gasteiger partial charge in [0.1, 0.15) is 6.04 Å². The number of aliphatic carboxylic acids is 1. The van der Waals surface area contributed by atoms with E-state index in [9.17, 15) is 9.59 Å². The van der Waals surface area contributed by atoms with Crippen LogP contribution in [0.4, 0.5) is 0 Å². The fourth-order valence-electron chi connectivity index (χ4n) is 1.96. The molecule has 4 nitrogen and oxygen atoms in total. The zero-order chi connectivity index (χ0) is 15.1. The third-order valence-corrected chi connectivity index (χ3v) is 3.32. The monoisotopic (exact) mass is 277 g/mol. The van der Waals surface area contributed by atoms with Crippen molar-refractivity contribution in [2.24, 2.45) is 5.92 Å². The summed E-state index contributed by atoms with van der Waals surface area (Å²) in [6.07, 6.45) is 1.93. The lowest BCUT2D eigenvalue weighted by Gasteiger charge is -2.17. The molecule has 20 heavy (non-hydrogen) atoms. The first-order valence-electron chi connectivity index (χ1n) is 7.04. The molecule has 1 amide bonds. The number of rotatable bonds is 7. The number of amides is 1. The topological polar surface area (TPSA) is 66.4 Å². The number of carbonyl (C=O) groups excluding carboxylic acids is 1. The van der Waals surface area contributed by atoms with E-state index in [1.54, 1.807) is 13.8 Å². The zero-order valence-corrected chi connectivity index (χ0v) is 12.3. The number of benzene rings is 1. The van der Waals surface area contributed by atoms with Gasteiger partial charge >= 0.3 is 5.97 Å². The maximum atomic E-state index is 11.8. The minimum absolute atomic E-state index is 0.125. The van der Waals surface area contributed by atoms with Crippen LogP contribution in [-0.2, 0) is 22.4 Å². The van der Waals surface area contributed by atoms with E-state index >= 15 is 0 Å². The van der Waals surface area contributed by atoms with Gasteiger partial charge in [-0.05, 0) is 29.9 Å². The third-order valence-electron chi connectivity index (χ3n) is 3.32. The van der Waals surface area contributed by atoms with Crippen molar-refractivity contribution in [3.8, 4) is 0 Å². The molecule has 0 aliphatic carbocycles. The Morgan fingerprint density at radius 3 is 2.15 bits per heavy atom. The highest BCUT2D eigenvalue weighted by Crippen LogP contribution is 2.08. The Balaban J connectivity index is 2.47. The van der Waals surface area contributed by atoms with Crippen molar-refractivity contribution in [2.75, 3.05) is 0 Å². The second-order valence-corrected chi connectivity index (χ2v) is 5.30. The standard InChI is InChI=1S/C16H23NO3/c1-4-12-5-7-13(8-6-12)9-10-14(18)17-15(11(2)3)16(19)20/h5-8,11,15H,4,9-10H2,1-3H3,(H,17,18)(H,19,20). The number of hydrogen-bond acceptors (Lipinski definition) is 2. The number of hydrogen-bond donors (Lipinski definition) is 2. The Bertz CT molecular complexity index is 451. The van der Waals surface area contributed by atoms with Gasteiger partial charge in [-0.3, -0.25) is 4.79 Å². The second kappa shape index (κ2) is 7.68. The maximum absolute atomic E-state index is 11.8. The van der Waals surface area contributed by atoms with Crippen molar-refractivity contribution < 1.29 is 14.7 Å². The van der Waals surface area contributed by atoms with Crippen molar-refractivity contribution in [3.63, 3.8) is 0 Å². The van der Waals surface area contributed by atoms with Gasteiger partial charge in [-0.15, -0.1) is 0 Å². The molecule has 1 rings (SSSR count). The van der Waals surface area contributed by atoms with Crippen LogP contribution in [-0.4, -0.2) is 23.0 Å². The van der Waals surface area contributed by atoms with Crippen LogP contribution in [0.1, 0.15) is 38.3 Å². The van der Waals surface area contributed by atoms with E-state index in [2.05, 4.69) is 24.4 Å². The van der Waals surface area contributed by atoms with E-state index in [4.69, 9.17) is 5.11 Å². The molecular formula is C16H23NO3. The first-order valence-corrected chi connectivity index (χ1v) is 7.04. The van der Waals surface area contributed by atoms with E-state index in [0.717, 1.165) is 12.0 Å². The molecule has 0 saturated carbocycles. The molecule has 1 aromatic rings. The van der Waals surface area contributed by atoms with Gasteiger partial charge in [-0.1, -0.05) is 45.0 Å². The van der Waals surface area contributed by atoms with Crippen LogP contribution in [0.2, 0.25) is 0 Å². The van der Waals surface area contributed by atoms with Crippen molar-refractivity contribution in [1.29, 1.82) is 0 Å². The molecule has 1 aromatic carbocycles. The van der Waals surface area contributed by atoms with Gasteiger partial charge in [0.25, 0.3) is 0 Å². The van der Waals surface area contributed by atoms with Gasteiger partial charge < -0.3 is 10.4 Å². The normalized spacial score (nSPS) is 12.2. The van der Waals surface area contributed by atoms with Crippen LogP contribution in [0.3, 0.4) is 0 Å². The van der Waals surface area contributed by atoms with E-state index < -0.39 is 12.0 Å². The number of carbonyl (C=O) groups is 2. The van der Waals surface area contributed by atoms with Gasteiger partial charge in [0, 0.05) is 6.42 Å². The summed E-state index contributed by atoms with van der Waals surface area (Å²) in [5, 5.41) is 11.6. The van der Waals surface area contributed by atoms with Crippen molar-refractivity contribution in [2.45, 2.75) is 46.1 Å². The average molecular weight is 277 g/mol. The Morgan fingerprint density at radius 2 is 1.70 bits per heavy atom. The molecule has 0 saturated heterocycles. The molecule has 0 spiro atoms. The molecule has 0 bridgehead atoms. The van der Waals surface area contributed by atoms with E-state index in [-0.39, 0.29) is 11.8 Å². The van der Waals surface area contributed by atoms with Crippen LogP contribution in [0.15, 0.2) is 24.3 Å². The summed E-state index contributed by atoms with van der Waals surface area (Å²) in [5.74, 6) is -1.33. The Hall–Kier alpha value is -1.84. The van der Waals surface area contributed by atoms with Crippen LogP contribution in [0, 0.1) is 5.92 Å². The fraction of sp³-hybridized carbons (Fsp3) is 0.500. The SMILES string of the molecule is CCc1ccc(CCC(=O)NC(C(=O)O)C(C)C)cc1. The third kappa shape index (κ3) is 5.03. The van der Waals surface area contributed by atoms with E-state index in [1.165, 1.54) is 5.56 Å². The molecule has 4 heteroatoms. The molecule has 0 aromatic heterocycles. The second-order valence-electron chi connectivity index (χ2n) is 5.30. The van der Waals surface area contributed by atoms with Gasteiger partial charge in [-0.25, -0.2) is 4.79 Å².